The Labute approximate surface area is 195 Å². The van der Waals surface area contributed by atoms with E-state index in [0.717, 1.165) is 46.3 Å². The molecule has 6 nitrogen and oxygen atoms in total. The highest BCUT2D eigenvalue weighted by molar-refractivity contribution is 5.94. The Balaban J connectivity index is 1.61. The van der Waals surface area contributed by atoms with Crippen molar-refractivity contribution in [3.8, 4) is 11.3 Å². The summed E-state index contributed by atoms with van der Waals surface area (Å²) < 4.78 is 6.44. The maximum absolute atomic E-state index is 6.44. The van der Waals surface area contributed by atoms with E-state index in [1.165, 1.54) is 0 Å². The predicted molar refractivity (Wildman–Crippen MR) is 130 cm³/mol. The molecule has 2 heterocycles. The molecular formula is C27H33N3O3. The molecule has 2 atom stereocenters. The Morgan fingerprint density at radius 3 is 2.48 bits per heavy atom. The Kier molecular flexibility index (Phi) is 7.60. The summed E-state index contributed by atoms with van der Waals surface area (Å²) in [5.41, 5.74) is 3.82. The standard InChI is InChI=1S/C27H33N3O3/c1-5-19(2)15-25(30(3)4)27-29-24(18-32-31-17-20-11-7-6-8-12-20)26(33-27)22-16-28-23-14-10-9-13-21(22)23/h6-14,16,19,25,28H,5,15,17-18H2,1-4H3/t19-,25?/m0/s1. The van der Waals surface area contributed by atoms with Gasteiger partial charge in [-0.2, -0.15) is 0 Å². The molecule has 2 aromatic carbocycles. The van der Waals surface area contributed by atoms with Gasteiger partial charge in [-0.05, 0) is 38.1 Å². The second-order valence-corrected chi connectivity index (χ2v) is 8.81. The topological polar surface area (TPSA) is 63.5 Å². The van der Waals surface area contributed by atoms with Gasteiger partial charge in [0.2, 0.25) is 5.89 Å². The second kappa shape index (κ2) is 10.8. The van der Waals surface area contributed by atoms with Crippen LogP contribution in [-0.2, 0) is 23.0 Å². The number of benzene rings is 2. The monoisotopic (exact) mass is 447 g/mol. The van der Waals surface area contributed by atoms with Crippen LogP contribution in [0.3, 0.4) is 0 Å². The SMILES string of the molecule is CC[C@H](C)CC(c1nc(COOCc2ccccc2)c(-c2c[nH]c3ccccc23)o1)N(C)C. The van der Waals surface area contributed by atoms with Crippen LogP contribution in [0.2, 0.25) is 0 Å². The van der Waals surface area contributed by atoms with Gasteiger partial charge in [-0.1, -0.05) is 68.8 Å². The van der Waals surface area contributed by atoms with E-state index >= 15 is 0 Å². The average molecular weight is 448 g/mol. The van der Waals surface area contributed by atoms with Crippen LogP contribution in [0.25, 0.3) is 22.2 Å². The smallest absolute Gasteiger partial charge is 0.212 e. The summed E-state index contributed by atoms with van der Waals surface area (Å²) in [5.74, 6) is 2.00. The zero-order valence-electron chi connectivity index (χ0n) is 19.9. The number of H-pyrrole nitrogens is 1. The average Bonchev–Trinajstić information content (AvgIpc) is 3.44. The van der Waals surface area contributed by atoms with Crippen molar-refractivity contribution in [1.82, 2.24) is 14.9 Å². The van der Waals surface area contributed by atoms with Crippen LogP contribution in [0.4, 0.5) is 0 Å². The number of oxazole rings is 1. The second-order valence-electron chi connectivity index (χ2n) is 8.81. The summed E-state index contributed by atoms with van der Waals surface area (Å²) in [4.78, 5) is 21.5. The van der Waals surface area contributed by atoms with Gasteiger partial charge in [-0.15, -0.1) is 0 Å². The van der Waals surface area contributed by atoms with Gasteiger partial charge in [0.15, 0.2) is 5.76 Å². The molecule has 0 aliphatic carbocycles. The summed E-state index contributed by atoms with van der Waals surface area (Å²) in [7, 11) is 4.14. The Morgan fingerprint density at radius 1 is 1.00 bits per heavy atom. The minimum atomic E-state index is 0.0860. The van der Waals surface area contributed by atoms with Crippen molar-refractivity contribution < 1.29 is 14.2 Å². The number of hydrogen-bond acceptors (Lipinski definition) is 5. The molecule has 0 saturated heterocycles. The fourth-order valence-corrected chi connectivity index (χ4v) is 3.94. The zero-order chi connectivity index (χ0) is 23.2. The van der Waals surface area contributed by atoms with E-state index < -0.39 is 0 Å². The highest BCUT2D eigenvalue weighted by Gasteiger charge is 2.26. The molecule has 6 heteroatoms. The lowest BCUT2D eigenvalue weighted by molar-refractivity contribution is -0.313. The van der Waals surface area contributed by atoms with Gasteiger partial charge in [-0.25, -0.2) is 14.8 Å². The minimum absolute atomic E-state index is 0.0860. The van der Waals surface area contributed by atoms with E-state index in [9.17, 15) is 0 Å². The van der Waals surface area contributed by atoms with Gasteiger partial charge in [0.25, 0.3) is 0 Å². The van der Waals surface area contributed by atoms with Gasteiger partial charge in [0.05, 0.1) is 6.04 Å². The number of hydrogen-bond donors (Lipinski definition) is 1. The van der Waals surface area contributed by atoms with Crippen molar-refractivity contribution in [3.05, 3.63) is 77.9 Å². The molecule has 0 aliphatic heterocycles. The third-order valence-electron chi connectivity index (χ3n) is 6.13. The summed E-state index contributed by atoms with van der Waals surface area (Å²) in [6, 6.07) is 18.2. The largest absolute Gasteiger partial charge is 0.439 e. The molecule has 4 aromatic rings. The molecule has 174 valence electrons. The lowest BCUT2D eigenvalue weighted by Gasteiger charge is -2.23. The van der Waals surface area contributed by atoms with Crippen LogP contribution < -0.4 is 0 Å². The van der Waals surface area contributed by atoms with Crippen molar-refractivity contribution in [3.63, 3.8) is 0 Å². The number of para-hydroxylation sites is 1. The molecule has 2 aromatic heterocycles. The quantitative estimate of drug-likeness (QED) is 0.161. The predicted octanol–water partition coefficient (Wildman–Crippen LogP) is 6.51. The van der Waals surface area contributed by atoms with E-state index in [-0.39, 0.29) is 12.6 Å². The maximum Gasteiger partial charge on any atom is 0.212 e. The van der Waals surface area contributed by atoms with Crippen molar-refractivity contribution in [1.29, 1.82) is 0 Å². The zero-order valence-corrected chi connectivity index (χ0v) is 19.9. The molecule has 0 bridgehead atoms. The number of aromatic amines is 1. The number of fused-ring (bicyclic) bond motifs is 1. The summed E-state index contributed by atoms with van der Waals surface area (Å²) in [6.07, 6.45) is 4.06. The molecule has 0 saturated carbocycles. The van der Waals surface area contributed by atoms with Crippen molar-refractivity contribution in [2.45, 2.75) is 45.9 Å². The first kappa shape index (κ1) is 23.2. The first-order valence-electron chi connectivity index (χ1n) is 11.6. The molecule has 0 amide bonds. The molecule has 1 unspecified atom stereocenters. The lowest BCUT2D eigenvalue weighted by Crippen LogP contribution is -2.22. The van der Waals surface area contributed by atoms with Gasteiger partial charge in [-0.3, -0.25) is 4.90 Å². The van der Waals surface area contributed by atoms with Crippen LogP contribution in [-0.4, -0.2) is 29.0 Å². The molecule has 0 fully saturated rings. The fraction of sp³-hybridized carbons (Fsp3) is 0.370. The molecular weight excluding hydrogens is 414 g/mol. The third-order valence-corrected chi connectivity index (χ3v) is 6.13. The number of nitrogens with one attached hydrogen (secondary N) is 1. The molecule has 0 aliphatic rings. The molecule has 33 heavy (non-hydrogen) atoms. The first-order valence-corrected chi connectivity index (χ1v) is 11.6. The third kappa shape index (κ3) is 5.53. The molecule has 0 radical (unpaired) electrons. The van der Waals surface area contributed by atoms with Gasteiger partial charge in [0.1, 0.15) is 18.9 Å². The van der Waals surface area contributed by atoms with Gasteiger partial charge < -0.3 is 9.40 Å². The van der Waals surface area contributed by atoms with Crippen LogP contribution in [0.1, 0.15) is 49.9 Å². The molecule has 0 spiro atoms. The van der Waals surface area contributed by atoms with Gasteiger partial charge >= 0.3 is 0 Å². The highest BCUT2D eigenvalue weighted by Crippen LogP contribution is 2.36. The van der Waals surface area contributed by atoms with Crippen LogP contribution in [0, 0.1) is 5.92 Å². The highest BCUT2D eigenvalue weighted by atomic mass is 17.2. The summed E-state index contributed by atoms with van der Waals surface area (Å²) in [6.45, 7) is 5.06. The summed E-state index contributed by atoms with van der Waals surface area (Å²) >= 11 is 0. The first-order chi connectivity index (χ1) is 16.1. The fourth-order valence-electron chi connectivity index (χ4n) is 3.94. The molecule has 4 rings (SSSR count). The number of nitrogens with zero attached hydrogens (tertiary/aromatic N) is 2. The van der Waals surface area contributed by atoms with Crippen molar-refractivity contribution >= 4 is 10.9 Å². The normalized spacial score (nSPS) is 13.6. The van der Waals surface area contributed by atoms with E-state index in [0.29, 0.717) is 18.4 Å². The Bertz CT molecular complexity index is 1150. The van der Waals surface area contributed by atoms with Crippen LogP contribution in [0.5, 0.6) is 0 Å². The van der Waals surface area contributed by atoms with E-state index in [1.807, 2.05) is 48.7 Å². The van der Waals surface area contributed by atoms with Crippen molar-refractivity contribution in [2.75, 3.05) is 14.1 Å². The minimum Gasteiger partial charge on any atom is -0.439 e. The van der Waals surface area contributed by atoms with E-state index in [4.69, 9.17) is 19.2 Å². The Hall–Kier alpha value is -2.93. The van der Waals surface area contributed by atoms with Crippen LogP contribution in [0.15, 0.2) is 65.2 Å². The molecule has 1 N–H and O–H groups in total. The van der Waals surface area contributed by atoms with E-state index in [2.05, 4.69) is 50.0 Å². The maximum atomic E-state index is 6.44. The summed E-state index contributed by atoms with van der Waals surface area (Å²) in [5, 5.41) is 1.09. The van der Waals surface area contributed by atoms with E-state index in [1.54, 1.807) is 0 Å². The van der Waals surface area contributed by atoms with Gasteiger partial charge in [0, 0.05) is 22.7 Å². The Morgan fingerprint density at radius 2 is 1.73 bits per heavy atom. The lowest BCUT2D eigenvalue weighted by atomic mass is 9.98. The van der Waals surface area contributed by atoms with Crippen molar-refractivity contribution in [2.24, 2.45) is 5.92 Å². The number of rotatable bonds is 11. The number of aromatic nitrogens is 2. The van der Waals surface area contributed by atoms with Crippen LogP contribution >= 0.6 is 0 Å².